The van der Waals surface area contributed by atoms with Crippen molar-refractivity contribution in [1.29, 1.82) is 0 Å². The van der Waals surface area contributed by atoms with Crippen LogP contribution in [0.25, 0.3) is 0 Å². The van der Waals surface area contributed by atoms with Crippen molar-refractivity contribution in [2.24, 2.45) is 5.73 Å². The molecule has 0 aliphatic rings. The highest BCUT2D eigenvalue weighted by Crippen LogP contribution is 2.36. The summed E-state index contributed by atoms with van der Waals surface area (Å²) in [5.74, 6) is -1.000. The zero-order chi connectivity index (χ0) is 19.3. The number of aliphatic hydroxyl groups is 2. The first-order valence-electron chi connectivity index (χ1n) is 8.45. The van der Waals surface area contributed by atoms with Crippen molar-refractivity contribution in [3.05, 3.63) is 70.5 Å². The fourth-order valence-corrected chi connectivity index (χ4v) is 3.09. The van der Waals surface area contributed by atoms with Crippen molar-refractivity contribution < 1.29 is 19.4 Å². The number of nitrogens with two attached hydrogens (primary N) is 1. The van der Waals surface area contributed by atoms with Crippen molar-refractivity contribution in [1.82, 2.24) is 4.90 Å². The lowest BCUT2D eigenvalue weighted by Gasteiger charge is -2.32. The zero-order valence-corrected chi connectivity index (χ0v) is 15.1. The Morgan fingerprint density at radius 2 is 1.85 bits per heavy atom. The van der Waals surface area contributed by atoms with E-state index in [9.17, 15) is 19.4 Å². The summed E-state index contributed by atoms with van der Waals surface area (Å²) in [6.07, 6.45) is 1.06. The minimum atomic E-state index is -1.42. The number of aliphatic hydroxyl groups excluding tert-OH is 1. The number of hydrogen-bond donors (Lipinski definition) is 3. The van der Waals surface area contributed by atoms with Gasteiger partial charge in [-0.25, -0.2) is 4.39 Å². The Morgan fingerprint density at radius 1 is 1.19 bits per heavy atom. The Bertz CT molecular complexity index is 762. The molecule has 0 aliphatic heterocycles. The number of rotatable bonds is 8. The predicted octanol–water partition coefficient (Wildman–Crippen LogP) is 1.99. The Morgan fingerprint density at radius 3 is 2.38 bits per heavy atom. The van der Waals surface area contributed by atoms with E-state index in [1.165, 1.54) is 36.4 Å². The van der Waals surface area contributed by atoms with Crippen LogP contribution in [0.2, 0.25) is 0 Å². The quantitative estimate of drug-likeness (QED) is 0.672. The van der Waals surface area contributed by atoms with Crippen LogP contribution < -0.4 is 5.73 Å². The number of benzene rings is 2. The van der Waals surface area contributed by atoms with Gasteiger partial charge >= 0.3 is 0 Å². The SMILES string of the molecule is CN(C)CCC[C@@](O)(c1ccc(F)cc1)c1ccc(C(N)=O)cc1CO. The average Bonchev–Trinajstić information content (AvgIpc) is 2.61. The molecule has 0 fully saturated rings. The van der Waals surface area contributed by atoms with Gasteiger partial charge in [-0.2, -0.15) is 0 Å². The van der Waals surface area contributed by atoms with Crippen LogP contribution in [0.1, 0.15) is 39.9 Å². The Kier molecular flexibility index (Phi) is 6.47. The van der Waals surface area contributed by atoms with Gasteiger partial charge in [0.25, 0.3) is 0 Å². The van der Waals surface area contributed by atoms with Gasteiger partial charge in [0.2, 0.25) is 5.91 Å². The molecular formula is C20H25FN2O3. The average molecular weight is 360 g/mol. The van der Waals surface area contributed by atoms with Gasteiger partial charge in [-0.1, -0.05) is 18.2 Å². The Hall–Kier alpha value is -2.28. The molecule has 0 bridgehead atoms. The third-order valence-corrected chi connectivity index (χ3v) is 4.47. The van der Waals surface area contributed by atoms with Gasteiger partial charge in [-0.3, -0.25) is 4.79 Å². The third kappa shape index (κ3) is 4.46. The predicted molar refractivity (Wildman–Crippen MR) is 98.1 cm³/mol. The van der Waals surface area contributed by atoms with Crippen LogP contribution in [-0.2, 0) is 12.2 Å². The highest BCUT2D eigenvalue weighted by Gasteiger charge is 2.33. The molecule has 0 spiro atoms. The van der Waals surface area contributed by atoms with E-state index in [1.54, 1.807) is 6.07 Å². The highest BCUT2D eigenvalue weighted by molar-refractivity contribution is 5.93. The molecule has 0 saturated heterocycles. The van der Waals surface area contributed by atoms with Gasteiger partial charge < -0.3 is 20.8 Å². The largest absolute Gasteiger partial charge is 0.392 e. The summed E-state index contributed by atoms with van der Waals surface area (Å²) in [4.78, 5) is 13.4. The molecule has 6 heteroatoms. The second-order valence-electron chi connectivity index (χ2n) is 6.67. The number of nitrogens with zero attached hydrogens (tertiary/aromatic N) is 1. The smallest absolute Gasteiger partial charge is 0.248 e. The monoisotopic (exact) mass is 360 g/mol. The normalized spacial score (nSPS) is 13.6. The van der Waals surface area contributed by atoms with E-state index >= 15 is 0 Å². The summed E-state index contributed by atoms with van der Waals surface area (Å²) in [5.41, 5.74) is 5.57. The minimum absolute atomic E-state index is 0.257. The number of halogens is 1. The Labute approximate surface area is 152 Å². The molecule has 0 saturated carbocycles. The molecule has 1 atom stereocenters. The van der Waals surface area contributed by atoms with Crippen molar-refractivity contribution in [2.45, 2.75) is 25.0 Å². The summed E-state index contributed by atoms with van der Waals surface area (Å²) < 4.78 is 13.3. The lowest BCUT2D eigenvalue weighted by atomic mass is 9.80. The highest BCUT2D eigenvalue weighted by atomic mass is 19.1. The molecule has 5 nitrogen and oxygen atoms in total. The first kappa shape index (κ1) is 20.0. The van der Waals surface area contributed by atoms with Gasteiger partial charge in [0.05, 0.1) is 6.61 Å². The summed E-state index contributed by atoms with van der Waals surface area (Å²) in [6, 6.07) is 10.3. The fourth-order valence-electron chi connectivity index (χ4n) is 3.09. The number of amides is 1. The number of primary amides is 1. The number of hydrogen-bond acceptors (Lipinski definition) is 4. The van der Waals surface area contributed by atoms with E-state index in [4.69, 9.17) is 5.73 Å². The second-order valence-corrected chi connectivity index (χ2v) is 6.67. The van der Waals surface area contributed by atoms with E-state index in [0.29, 0.717) is 29.5 Å². The topological polar surface area (TPSA) is 86.8 Å². The van der Waals surface area contributed by atoms with Crippen LogP contribution >= 0.6 is 0 Å². The first-order valence-corrected chi connectivity index (χ1v) is 8.45. The fraction of sp³-hybridized carbons (Fsp3) is 0.350. The molecule has 0 radical (unpaired) electrons. The van der Waals surface area contributed by atoms with Crippen LogP contribution in [0.4, 0.5) is 4.39 Å². The maximum Gasteiger partial charge on any atom is 0.248 e. The van der Waals surface area contributed by atoms with Crippen LogP contribution in [0.3, 0.4) is 0 Å². The molecule has 2 aromatic rings. The van der Waals surface area contributed by atoms with Crippen LogP contribution in [0, 0.1) is 5.82 Å². The van der Waals surface area contributed by atoms with Gasteiger partial charge in [0.15, 0.2) is 0 Å². The number of carbonyl (C=O) groups excluding carboxylic acids is 1. The van der Waals surface area contributed by atoms with Crippen LogP contribution in [0.15, 0.2) is 42.5 Å². The molecular weight excluding hydrogens is 335 g/mol. The molecule has 2 rings (SSSR count). The van der Waals surface area contributed by atoms with E-state index in [-0.39, 0.29) is 12.2 Å². The van der Waals surface area contributed by atoms with Crippen molar-refractivity contribution in [3.63, 3.8) is 0 Å². The van der Waals surface area contributed by atoms with Crippen molar-refractivity contribution >= 4 is 5.91 Å². The second kappa shape index (κ2) is 8.40. The molecule has 140 valence electrons. The van der Waals surface area contributed by atoms with E-state index in [2.05, 4.69) is 0 Å². The van der Waals surface area contributed by atoms with Crippen LogP contribution in [-0.4, -0.2) is 41.7 Å². The van der Waals surface area contributed by atoms with Crippen molar-refractivity contribution in [2.75, 3.05) is 20.6 Å². The van der Waals surface area contributed by atoms with Gasteiger partial charge in [-0.15, -0.1) is 0 Å². The van der Waals surface area contributed by atoms with E-state index in [0.717, 1.165) is 6.54 Å². The lowest BCUT2D eigenvalue weighted by molar-refractivity contribution is 0.0640. The third-order valence-electron chi connectivity index (χ3n) is 4.47. The van der Waals surface area contributed by atoms with E-state index < -0.39 is 17.3 Å². The van der Waals surface area contributed by atoms with Gasteiger partial charge in [0, 0.05) is 5.56 Å². The molecule has 0 unspecified atom stereocenters. The minimum Gasteiger partial charge on any atom is -0.392 e. The Balaban J connectivity index is 2.52. The molecule has 4 N–H and O–H groups in total. The van der Waals surface area contributed by atoms with Crippen LogP contribution in [0.5, 0.6) is 0 Å². The summed E-state index contributed by atoms with van der Waals surface area (Å²) >= 11 is 0. The maximum absolute atomic E-state index is 13.3. The maximum atomic E-state index is 13.3. The van der Waals surface area contributed by atoms with E-state index in [1.807, 2.05) is 19.0 Å². The lowest BCUT2D eigenvalue weighted by Crippen LogP contribution is -2.30. The first-order chi connectivity index (χ1) is 12.3. The number of carbonyl (C=O) groups is 1. The molecule has 0 aliphatic carbocycles. The molecule has 0 aromatic heterocycles. The summed E-state index contributed by atoms with van der Waals surface area (Å²) in [5, 5.41) is 21.3. The standard InChI is InChI=1S/C20H25FN2O3/c1-23(2)11-3-10-20(26,16-5-7-17(21)8-6-16)18-9-4-14(19(22)25)12-15(18)13-24/h4-9,12,24,26H,3,10-11,13H2,1-2H3,(H2,22,25)/t20-/m1/s1. The van der Waals surface area contributed by atoms with Gasteiger partial charge in [-0.05, 0) is 74.4 Å². The van der Waals surface area contributed by atoms with Crippen molar-refractivity contribution in [3.8, 4) is 0 Å². The zero-order valence-electron chi connectivity index (χ0n) is 15.1. The summed E-state index contributed by atoms with van der Waals surface area (Å²) in [6.45, 7) is 0.408. The molecule has 0 heterocycles. The summed E-state index contributed by atoms with van der Waals surface area (Å²) in [7, 11) is 3.88. The molecule has 26 heavy (non-hydrogen) atoms. The molecule has 2 aromatic carbocycles. The molecule has 1 amide bonds. The van der Waals surface area contributed by atoms with Gasteiger partial charge in [0.1, 0.15) is 11.4 Å².